The Balaban J connectivity index is 1.74. The van der Waals surface area contributed by atoms with Gasteiger partial charge in [-0.25, -0.2) is 0 Å². The highest BCUT2D eigenvalue weighted by atomic mass is 16.3. The summed E-state index contributed by atoms with van der Waals surface area (Å²) in [6, 6.07) is 10.7. The molecule has 1 aromatic carbocycles. The number of nitrogens with one attached hydrogen (secondary N) is 1. The predicted octanol–water partition coefficient (Wildman–Crippen LogP) is 0.269. The molecule has 0 atom stereocenters. The summed E-state index contributed by atoms with van der Waals surface area (Å²) in [7, 11) is 0. The van der Waals surface area contributed by atoms with Crippen molar-refractivity contribution in [2.45, 2.75) is 25.4 Å². The zero-order chi connectivity index (χ0) is 10.5. The number of rotatable bonds is 3. The maximum atomic E-state index is 9.40. The summed E-state index contributed by atoms with van der Waals surface area (Å²) in [4.78, 5) is 1.64. The molecule has 0 bridgehead atoms. The zero-order valence-corrected chi connectivity index (χ0v) is 9.15. The second kappa shape index (κ2) is 5.29. The molecular formula is C13H20NO+. The Hall–Kier alpha value is -0.860. The standard InChI is InChI=1S/C13H19NO/c15-13-7-10-14(11-8-13)9-6-12-4-2-1-3-5-12/h1-5,13,15H,6-11H2/p+1. The van der Waals surface area contributed by atoms with Crippen LogP contribution in [0.2, 0.25) is 0 Å². The molecule has 2 rings (SSSR count). The van der Waals surface area contributed by atoms with E-state index < -0.39 is 0 Å². The molecule has 2 heteroatoms. The molecule has 1 heterocycles. The van der Waals surface area contributed by atoms with Gasteiger partial charge in [-0.1, -0.05) is 30.3 Å². The van der Waals surface area contributed by atoms with Gasteiger partial charge < -0.3 is 10.0 Å². The smallest absolute Gasteiger partial charge is 0.0811 e. The summed E-state index contributed by atoms with van der Waals surface area (Å²) in [6.07, 6.45) is 3.08. The second-order valence-electron chi connectivity index (χ2n) is 4.47. The van der Waals surface area contributed by atoms with Gasteiger partial charge in [-0.05, 0) is 5.56 Å². The van der Waals surface area contributed by atoms with Crippen molar-refractivity contribution in [1.82, 2.24) is 0 Å². The average molecular weight is 206 g/mol. The Morgan fingerprint density at radius 1 is 1.13 bits per heavy atom. The minimum absolute atomic E-state index is 0.0366. The van der Waals surface area contributed by atoms with Crippen molar-refractivity contribution < 1.29 is 10.0 Å². The molecule has 0 unspecified atom stereocenters. The summed E-state index contributed by atoms with van der Waals surface area (Å²) in [5, 5.41) is 9.40. The van der Waals surface area contributed by atoms with Crippen LogP contribution < -0.4 is 4.90 Å². The van der Waals surface area contributed by atoms with E-state index in [0.29, 0.717) is 0 Å². The molecule has 0 saturated carbocycles. The molecule has 0 radical (unpaired) electrons. The highest BCUT2D eigenvalue weighted by Gasteiger charge is 2.19. The quantitative estimate of drug-likeness (QED) is 0.729. The molecule has 1 saturated heterocycles. The highest BCUT2D eigenvalue weighted by molar-refractivity contribution is 5.14. The molecule has 2 nitrogen and oxygen atoms in total. The molecule has 0 aromatic heterocycles. The molecule has 1 aliphatic rings. The zero-order valence-electron chi connectivity index (χ0n) is 9.15. The van der Waals surface area contributed by atoms with Gasteiger partial charge in [0, 0.05) is 19.3 Å². The molecular weight excluding hydrogens is 186 g/mol. The molecule has 1 fully saturated rings. The molecule has 2 N–H and O–H groups in total. The predicted molar refractivity (Wildman–Crippen MR) is 61.0 cm³/mol. The van der Waals surface area contributed by atoms with Gasteiger partial charge in [-0.2, -0.15) is 0 Å². The van der Waals surface area contributed by atoms with Gasteiger partial charge in [0.2, 0.25) is 0 Å². The van der Waals surface area contributed by atoms with E-state index in [1.165, 1.54) is 12.1 Å². The summed E-state index contributed by atoms with van der Waals surface area (Å²) < 4.78 is 0. The van der Waals surface area contributed by atoms with Crippen molar-refractivity contribution in [3.8, 4) is 0 Å². The third-order valence-corrected chi connectivity index (χ3v) is 3.27. The van der Waals surface area contributed by atoms with Gasteiger partial charge in [0.15, 0.2) is 0 Å². The number of benzene rings is 1. The molecule has 0 amide bonds. The van der Waals surface area contributed by atoms with Crippen LogP contribution in [0.25, 0.3) is 0 Å². The normalized spacial score (nSPS) is 26.5. The van der Waals surface area contributed by atoms with E-state index >= 15 is 0 Å². The first-order valence-corrected chi connectivity index (χ1v) is 5.90. The fourth-order valence-electron chi connectivity index (χ4n) is 2.23. The van der Waals surface area contributed by atoms with Crippen molar-refractivity contribution in [3.63, 3.8) is 0 Å². The maximum absolute atomic E-state index is 9.40. The van der Waals surface area contributed by atoms with Crippen LogP contribution in [0, 0.1) is 0 Å². The Bertz CT molecular complexity index is 278. The number of likely N-dealkylation sites (tertiary alicyclic amines) is 1. The number of quaternary nitrogens is 1. The van der Waals surface area contributed by atoms with Crippen LogP contribution in [0.3, 0.4) is 0 Å². The monoisotopic (exact) mass is 206 g/mol. The van der Waals surface area contributed by atoms with E-state index in [1.807, 2.05) is 0 Å². The van der Waals surface area contributed by atoms with Gasteiger partial charge in [-0.3, -0.25) is 0 Å². The van der Waals surface area contributed by atoms with Gasteiger partial charge in [0.05, 0.1) is 25.7 Å². The lowest BCUT2D eigenvalue weighted by Gasteiger charge is -2.26. The lowest BCUT2D eigenvalue weighted by molar-refractivity contribution is -0.905. The summed E-state index contributed by atoms with van der Waals surface area (Å²) in [5.74, 6) is 0. The van der Waals surface area contributed by atoms with Crippen LogP contribution in [-0.2, 0) is 6.42 Å². The van der Waals surface area contributed by atoms with Crippen molar-refractivity contribution >= 4 is 0 Å². The number of hydrogen-bond donors (Lipinski definition) is 2. The fourth-order valence-corrected chi connectivity index (χ4v) is 2.23. The van der Waals surface area contributed by atoms with Gasteiger partial charge >= 0.3 is 0 Å². The third-order valence-electron chi connectivity index (χ3n) is 3.27. The van der Waals surface area contributed by atoms with Crippen LogP contribution >= 0.6 is 0 Å². The Kier molecular flexibility index (Phi) is 3.75. The third kappa shape index (κ3) is 3.33. The molecule has 1 aliphatic heterocycles. The van der Waals surface area contributed by atoms with Crippen molar-refractivity contribution in [2.75, 3.05) is 19.6 Å². The first-order valence-electron chi connectivity index (χ1n) is 5.90. The van der Waals surface area contributed by atoms with Crippen LogP contribution in [0.4, 0.5) is 0 Å². The molecule has 0 spiro atoms. The lowest BCUT2D eigenvalue weighted by Crippen LogP contribution is -3.13. The van der Waals surface area contributed by atoms with Crippen molar-refractivity contribution in [3.05, 3.63) is 35.9 Å². The summed E-state index contributed by atoms with van der Waals surface area (Å²) in [5.41, 5.74) is 1.43. The van der Waals surface area contributed by atoms with Gasteiger partial charge in [0.1, 0.15) is 0 Å². The minimum Gasteiger partial charge on any atom is -0.393 e. The molecule has 82 valence electrons. The Morgan fingerprint density at radius 3 is 2.47 bits per heavy atom. The molecule has 15 heavy (non-hydrogen) atoms. The molecule has 1 aromatic rings. The summed E-state index contributed by atoms with van der Waals surface area (Å²) in [6.45, 7) is 3.47. The maximum Gasteiger partial charge on any atom is 0.0811 e. The van der Waals surface area contributed by atoms with E-state index in [2.05, 4.69) is 30.3 Å². The molecule has 0 aliphatic carbocycles. The van der Waals surface area contributed by atoms with Crippen molar-refractivity contribution in [2.24, 2.45) is 0 Å². The SMILES string of the molecule is OC1CC[NH+](CCc2ccccc2)CC1. The van der Waals surface area contributed by atoms with Crippen LogP contribution in [-0.4, -0.2) is 30.8 Å². The Morgan fingerprint density at radius 2 is 1.80 bits per heavy atom. The van der Waals surface area contributed by atoms with Crippen LogP contribution in [0.15, 0.2) is 30.3 Å². The largest absolute Gasteiger partial charge is 0.393 e. The minimum atomic E-state index is -0.0366. The van der Waals surface area contributed by atoms with E-state index in [-0.39, 0.29) is 6.10 Å². The number of aliphatic hydroxyl groups is 1. The first-order chi connectivity index (χ1) is 7.34. The topological polar surface area (TPSA) is 24.7 Å². The van der Waals surface area contributed by atoms with Gasteiger partial charge in [0.25, 0.3) is 0 Å². The van der Waals surface area contributed by atoms with Crippen LogP contribution in [0.1, 0.15) is 18.4 Å². The first kappa shape index (κ1) is 10.7. The summed E-state index contributed by atoms with van der Waals surface area (Å²) >= 11 is 0. The van der Waals surface area contributed by atoms with E-state index in [4.69, 9.17) is 0 Å². The van der Waals surface area contributed by atoms with Crippen molar-refractivity contribution in [1.29, 1.82) is 0 Å². The van der Waals surface area contributed by atoms with Crippen LogP contribution in [0.5, 0.6) is 0 Å². The lowest BCUT2D eigenvalue weighted by atomic mass is 10.1. The fraction of sp³-hybridized carbons (Fsp3) is 0.538. The second-order valence-corrected chi connectivity index (χ2v) is 4.47. The highest BCUT2D eigenvalue weighted by Crippen LogP contribution is 2.00. The van der Waals surface area contributed by atoms with Gasteiger partial charge in [-0.15, -0.1) is 0 Å². The average Bonchev–Trinajstić information content (AvgIpc) is 2.30. The Labute approximate surface area is 91.5 Å². The number of piperidine rings is 1. The van der Waals surface area contributed by atoms with E-state index in [1.54, 1.807) is 4.90 Å². The van der Waals surface area contributed by atoms with E-state index in [0.717, 1.165) is 32.4 Å². The van der Waals surface area contributed by atoms with E-state index in [9.17, 15) is 5.11 Å². The number of aliphatic hydroxyl groups excluding tert-OH is 1. The number of hydrogen-bond acceptors (Lipinski definition) is 1.